The summed E-state index contributed by atoms with van der Waals surface area (Å²) in [6, 6.07) is 19.4. The van der Waals surface area contributed by atoms with Gasteiger partial charge in [-0.15, -0.1) is 0 Å². The SMILES string of the molecule is CCc1ccc(-c2c(OCCOC)c(C3=NCCN3)cc3ccccc23)cc1. The van der Waals surface area contributed by atoms with Gasteiger partial charge in [0.2, 0.25) is 0 Å². The van der Waals surface area contributed by atoms with E-state index < -0.39 is 0 Å². The first kappa shape index (κ1) is 18.5. The third-order valence-electron chi connectivity index (χ3n) is 5.12. The Labute approximate surface area is 166 Å². The van der Waals surface area contributed by atoms with Crippen LogP contribution in [0.1, 0.15) is 18.1 Å². The van der Waals surface area contributed by atoms with Gasteiger partial charge in [-0.25, -0.2) is 0 Å². The zero-order valence-electron chi connectivity index (χ0n) is 16.5. The number of amidine groups is 1. The van der Waals surface area contributed by atoms with Crippen LogP contribution in [-0.4, -0.2) is 39.2 Å². The third kappa shape index (κ3) is 3.60. The van der Waals surface area contributed by atoms with Gasteiger partial charge in [0, 0.05) is 19.2 Å². The minimum absolute atomic E-state index is 0.495. The molecule has 1 aliphatic heterocycles. The number of ether oxygens (including phenoxy) is 2. The monoisotopic (exact) mass is 374 g/mol. The summed E-state index contributed by atoms with van der Waals surface area (Å²) in [7, 11) is 1.69. The minimum Gasteiger partial charge on any atom is -0.490 e. The first-order valence-electron chi connectivity index (χ1n) is 9.87. The predicted octanol–water partition coefficient (Wildman–Crippen LogP) is 4.44. The van der Waals surface area contributed by atoms with Gasteiger partial charge in [0.1, 0.15) is 18.2 Å². The molecule has 0 amide bonds. The summed E-state index contributed by atoms with van der Waals surface area (Å²) in [6.45, 7) is 4.87. The molecule has 0 saturated carbocycles. The molecule has 0 atom stereocenters. The van der Waals surface area contributed by atoms with Crippen molar-refractivity contribution in [3.63, 3.8) is 0 Å². The van der Waals surface area contributed by atoms with Crippen LogP contribution in [0, 0.1) is 0 Å². The van der Waals surface area contributed by atoms with Crippen LogP contribution in [-0.2, 0) is 11.2 Å². The maximum Gasteiger partial charge on any atom is 0.138 e. The van der Waals surface area contributed by atoms with Crippen molar-refractivity contribution < 1.29 is 9.47 Å². The Bertz CT molecular complexity index is 993. The van der Waals surface area contributed by atoms with Crippen LogP contribution in [0.15, 0.2) is 59.6 Å². The Hall–Kier alpha value is -2.85. The lowest BCUT2D eigenvalue weighted by molar-refractivity contribution is 0.146. The second kappa shape index (κ2) is 8.44. The van der Waals surface area contributed by atoms with Gasteiger partial charge in [-0.1, -0.05) is 55.5 Å². The molecule has 1 aliphatic rings. The second-order valence-corrected chi connectivity index (χ2v) is 6.90. The van der Waals surface area contributed by atoms with E-state index in [2.05, 4.69) is 71.8 Å². The lowest BCUT2D eigenvalue weighted by Crippen LogP contribution is -2.21. The van der Waals surface area contributed by atoms with Crippen molar-refractivity contribution in [2.75, 3.05) is 33.4 Å². The van der Waals surface area contributed by atoms with Gasteiger partial charge in [-0.05, 0) is 34.4 Å². The zero-order chi connectivity index (χ0) is 19.3. The number of hydrogen-bond acceptors (Lipinski definition) is 4. The fourth-order valence-corrected chi connectivity index (χ4v) is 3.65. The molecule has 0 aliphatic carbocycles. The molecule has 4 heteroatoms. The van der Waals surface area contributed by atoms with E-state index in [1.54, 1.807) is 7.11 Å². The molecule has 1 heterocycles. The molecular formula is C24H26N2O2. The van der Waals surface area contributed by atoms with E-state index in [1.807, 2.05) is 0 Å². The summed E-state index contributed by atoms with van der Waals surface area (Å²) in [5.41, 5.74) is 4.61. The molecule has 3 aromatic rings. The first-order chi connectivity index (χ1) is 13.8. The Morgan fingerprint density at radius 3 is 2.57 bits per heavy atom. The quantitative estimate of drug-likeness (QED) is 0.622. The van der Waals surface area contributed by atoms with Crippen molar-refractivity contribution >= 4 is 16.6 Å². The summed E-state index contributed by atoms with van der Waals surface area (Å²) < 4.78 is 11.5. The van der Waals surface area contributed by atoms with Crippen molar-refractivity contribution in [1.82, 2.24) is 5.32 Å². The number of benzene rings is 3. The van der Waals surface area contributed by atoms with E-state index in [0.29, 0.717) is 13.2 Å². The molecule has 0 fully saturated rings. The molecule has 1 N–H and O–H groups in total. The molecule has 144 valence electrons. The highest BCUT2D eigenvalue weighted by molar-refractivity contribution is 6.11. The molecule has 0 unspecified atom stereocenters. The van der Waals surface area contributed by atoms with E-state index in [4.69, 9.17) is 9.47 Å². The lowest BCUT2D eigenvalue weighted by Gasteiger charge is -2.19. The highest BCUT2D eigenvalue weighted by Crippen LogP contribution is 2.40. The largest absolute Gasteiger partial charge is 0.490 e. The van der Waals surface area contributed by atoms with Crippen molar-refractivity contribution in [2.45, 2.75) is 13.3 Å². The van der Waals surface area contributed by atoms with Crippen LogP contribution in [0.2, 0.25) is 0 Å². The molecule has 0 radical (unpaired) electrons. The average molecular weight is 374 g/mol. The van der Waals surface area contributed by atoms with Crippen LogP contribution in [0.5, 0.6) is 5.75 Å². The van der Waals surface area contributed by atoms with E-state index in [0.717, 1.165) is 47.8 Å². The number of methoxy groups -OCH3 is 1. The molecule has 4 rings (SSSR count). The van der Waals surface area contributed by atoms with E-state index in [1.165, 1.54) is 16.3 Å². The van der Waals surface area contributed by atoms with Gasteiger partial charge in [-0.2, -0.15) is 0 Å². The standard InChI is InChI=1S/C24H26N2O2/c1-3-17-8-10-18(11-9-17)22-20-7-5-4-6-19(20)16-21(24-25-12-13-26-24)23(22)28-15-14-27-2/h4-11,16H,3,12-15H2,1-2H3,(H,25,26). The van der Waals surface area contributed by atoms with Gasteiger partial charge in [0.25, 0.3) is 0 Å². The molecule has 0 spiro atoms. The van der Waals surface area contributed by atoms with Gasteiger partial charge in [0.05, 0.1) is 18.7 Å². The van der Waals surface area contributed by atoms with Crippen molar-refractivity contribution in [3.05, 3.63) is 65.7 Å². The highest BCUT2D eigenvalue weighted by Gasteiger charge is 2.21. The molecule has 3 aromatic carbocycles. The Morgan fingerprint density at radius 1 is 1.04 bits per heavy atom. The number of hydrogen-bond donors (Lipinski definition) is 1. The van der Waals surface area contributed by atoms with Crippen molar-refractivity contribution in [2.24, 2.45) is 4.99 Å². The molecular weight excluding hydrogens is 348 g/mol. The van der Waals surface area contributed by atoms with Crippen LogP contribution in [0.4, 0.5) is 0 Å². The van der Waals surface area contributed by atoms with E-state index in [-0.39, 0.29) is 0 Å². The second-order valence-electron chi connectivity index (χ2n) is 6.90. The summed E-state index contributed by atoms with van der Waals surface area (Å²) in [5, 5.41) is 5.77. The summed E-state index contributed by atoms with van der Waals surface area (Å²) >= 11 is 0. The fraction of sp³-hybridized carbons (Fsp3) is 0.292. The normalized spacial score (nSPS) is 13.4. The van der Waals surface area contributed by atoms with Gasteiger partial charge < -0.3 is 14.8 Å². The van der Waals surface area contributed by atoms with Crippen LogP contribution >= 0.6 is 0 Å². The van der Waals surface area contributed by atoms with Gasteiger partial charge in [0.15, 0.2) is 0 Å². The lowest BCUT2D eigenvalue weighted by atomic mass is 9.93. The number of nitrogens with zero attached hydrogens (tertiary/aromatic N) is 1. The summed E-state index contributed by atoms with van der Waals surface area (Å²) in [6.07, 6.45) is 1.03. The van der Waals surface area contributed by atoms with Crippen LogP contribution in [0.3, 0.4) is 0 Å². The molecule has 4 nitrogen and oxygen atoms in total. The van der Waals surface area contributed by atoms with Gasteiger partial charge >= 0.3 is 0 Å². The summed E-state index contributed by atoms with van der Waals surface area (Å²) in [4.78, 5) is 4.66. The Kier molecular flexibility index (Phi) is 5.58. The minimum atomic E-state index is 0.495. The van der Waals surface area contributed by atoms with Crippen molar-refractivity contribution in [3.8, 4) is 16.9 Å². The first-order valence-corrected chi connectivity index (χ1v) is 9.87. The number of fused-ring (bicyclic) bond motifs is 1. The number of aryl methyl sites for hydroxylation is 1. The Morgan fingerprint density at radius 2 is 1.86 bits per heavy atom. The number of rotatable bonds is 7. The summed E-state index contributed by atoms with van der Waals surface area (Å²) in [5.74, 6) is 1.78. The molecule has 0 saturated heterocycles. The molecule has 0 aromatic heterocycles. The van der Waals surface area contributed by atoms with Crippen LogP contribution < -0.4 is 10.1 Å². The third-order valence-corrected chi connectivity index (χ3v) is 5.12. The Balaban J connectivity index is 1.95. The average Bonchev–Trinajstić information content (AvgIpc) is 3.28. The van der Waals surface area contributed by atoms with Gasteiger partial charge in [-0.3, -0.25) is 4.99 Å². The highest BCUT2D eigenvalue weighted by atomic mass is 16.5. The fourth-order valence-electron chi connectivity index (χ4n) is 3.65. The molecule has 28 heavy (non-hydrogen) atoms. The van der Waals surface area contributed by atoms with Crippen LogP contribution in [0.25, 0.3) is 21.9 Å². The van der Waals surface area contributed by atoms with E-state index >= 15 is 0 Å². The number of nitrogens with one attached hydrogen (secondary N) is 1. The van der Waals surface area contributed by atoms with Crippen molar-refractivity contribution in [1.29, 1.82) is 0 Å². The van der Waals surface area contributed by atoms with E-state index in [9.17, 15) is 0 Å². The maximum absolute atomic E-state index is 6.29. The topological polar surface area (TPSA) is 42.9 Å². The number of aliphatic imine (C=N–C) groups is 1. The maximum atomic E-state index is 6.29. The predicted molar refractivity (Wildman–Crippen MR) is 116 cm³/mol. The molecule has 0 bridgehead atoms. The smallest absolute Gasteiger partial charge is 0.138 e. The zero-order valence-corrected chi connectivity index (χ0v) is 16.5.